The third kappa shape index (κ3) is 4.93. The average Bonchev–Trinajstić information content (AvgIpc) is 3.14. The third-order valence-electron chi connectivity index (χ3n) is 5.13. The molecule has 1 N–H and O–H groups in total. The fourth-order valence-electron chi connectivity index (χ4n) is 3.51. The van der Waals surface area contributed by atoms with E-state index in [1.807, 2.05) is 29.2 Å². The van der Waals surface area contributed by atoms with Gasteiger partial charge in [0.2, 0.25) is 5.91 Å². The molecule has 3 aromatic rings. The van der Waals surface area contributed by atoms with Crippen molar-refractivity contribution in [1.82, 2.24) is 10.2 Å². The minimum atomic E-state index is 0.0237. The van der Waals surface area contributed by atoms with Crippen LogP contribution in [0.4, 0.5) is 0 Å². The van der Waals surface area contributed by atoms with Crippen molar-refractivity contribution < 1.29 is 13.6 Å². The molecule has 1 aromatic carbocycles. The van der Waals surface area contributed by atoms with Crippen molar-refractivity contribution in [1.29, 1.82) is 0 Å². The lowest BCUT2D eigenvalue weighted by Crippen LogP contribution is -2.39. The van der Waals surface area contributed by atoms with Gasteiger partial charge in [0.15, 0.2) is 0 Å². The summed E-state index contributed by atoms with van der Waals surface area (Å²) in [6.45, 7) is 3.48. The Morgan fingerprint density at radius 1 is 1.04 bits per heavy atom. The fraction of sp³-hybridized carbons (Fsp3) is 0.348. The van der Waals surface area contributed by atoms with Crippen LogP contribution >= 0.6 is 0 Å². The summed E-state index contributed by atoms with van der Waals surface area (Å²) in [5, 5.41) is 3.26. The van der Waals surface area contributed by atoms with E-state index >= 15 is 0 Å². The molecule has 0 saturated heterocycles. The molecular formula is C23H26N2O3. The van der Waals surface area contributed by atoms with Crippen LogP contribution in [0.2, 0.25) is 0 Å². The van der Waals surface area contributed by atoms with Crippen molar-refractivity contribution in [2.75, 3.05) is 6.54 Å². The summed E-state index contributed by atoms with van der Waals surface area (Å²) < 4.78 is 10.9. The van der Waals surface area contributed by atoms with Gasteiger partial charge in [-0.2, -0.15) is 0 Å². The zero-order valence-corrected chi connectivity index (χ0v) is 16.1. The van der Waals surface area contributed by atoms with Gasteiger partial charge in [0, 0.05) is 0 Å². The number of hydrogen-bond acceptors (Lipinski definition) is 4. The smallest absolute Gasteiger partial charge is 0.234 e. The van der Waals surface area contributed by atoms with Gasteiger partial charge in [-0.15, -0.1) is 0 Å². The molecule has 2 heterocycles. The standard InChI is InChI=1S/C23H26N2O3/c1-17-6-8-18(9-7-17)23(19-10-11-19)24-22(26)16-25(14-20-4-2-12-27-20)15-21-5-3-13-28-21/h2-9,12-13,19,23H,10-11,14-16H2,1H3,(H,24,26). The summed E-state index contributed by atoms with van der Waals surface area (Å²) in [4.78, 5) is 14.9. The van der Waals surface area contributed by atoms with Crippen molar-refractivity contribution in [2.24, 2.45) is 5.92 Å². The number of rotatable bonds is 9. The lowest BCUT2D eigenvalue weighted by Gasteiger charge is -2.23. The molecule has 1 atom stereocenters. The zero-order chi connectivity index (χ0) is 19.3. The molecule has 0 spiro atoms. The first-order valence-corrected chi connectivity index (χ1v) is 9.80. The van der Waals surface area contributed by atoms with E-state index in [2.05, 4.69) is 36.5 Å². The van der Waals surface area contributed by atoms with E-state index in [4.69, 9.17) is 8.83 Å². The van der Waals surface area contributed by atoms with Gasteiger partial charge in [0.25, 0.3) is 0 Å². The topological polar surface area (TPSA) is 58.6 Å². The molecule has 4 rings (SSSR count). The Balaban J connectivity index is 1.42. The maximum atomic E-state index is 12.9. The number of carbonyl (C=O) groups excluding carboxylic acids is 1. The molecule has 1 aliphatic carbocycles. The van der Waals surface area contributed by atoms with Gasteiger partial charge in [-0.25, -0.2) is 0 Å². The number of nitrogens with zero attached hydrogens (tertiary/aromatic N) is 1. The lowest BCUT2D eigenvalue weighted by molar-refractivity contribution is -0.123. The molecule has 146 valence electrons. The van der Waals surface area contributed by atoms with Crippen molar-refractivity contribution in [3.8, 4) is 0 Å². The molecule has 0 aliphatic heterocycles. The maximum absolute atomic E-state index is 12.9. The maximum Gasteiger partial charge on any atom is 0.234 e. The molecule has 5 heteroatoms. The Bertz CT molecular complexity index is 829. The molecule has 5 nitrogen and oxygen atoms in total. The first kappa shape index (κ1) is 18.6. The van der Waals surface area contributed by atoms with E-state index in [0.29, 0.717) is 19.0 Å². The predicted octanol–water partition coefficient (Wildman–Crippen LogP) is 4.45. The van der Waals surface area contributed by atoms with Crippen LogP contribution in [-0.2, 0) is 17.9 Å². The van der Waals surface area contributed by atoms with E-state index in [-0.39, 0.29) is 18.5 Å². The quantitative estimate of drug-likeness (QED) is 0.598. The number of furan rings is 2. The Kier molecular flexibility index (Phi) is 5.63. The molecule has 0 radical (unpaired) electrons. The van der Waals surface area contributed by atoms with Crippen LogP contribution in [-0.4, -0.2) is 17.4 Å². The SMILES string of the molecule is Cc1ccc(C(NC(=O)CN(Cc2ccco2)Cc2ccco2)C2CC2)cc1. The summed E-state index contributed by atoms with van der Waals surface area (Å²) in [7, 11) is 0. The lowest BCUT2D eigenvalue weighted by atomic mass is 10.0. The molecule has 1 fully saturated rings. The summed E-state index contributed by atoms with van der Waals surface area (Å²) >= 11 is 0. The van der Waals surface area contributed by atoms with E-state index in [9.17, 15) is 4.79 Å². The minimum Gasteiger partial charge on any atom is -0.468 e. The summed E-state index contributed by atoms with van der Waals surface area (Å²) in [5.74, 6) is 2.22. The monoisotopic (exact) mass is 378 g/mol. The van der Waals surface area contributed by atoms with Gasteiger partial charge in [-0.3, -0.25) is 9.69 Å². The molecule has 1 amide bonds. The highest BCUT2D eigenvalue weighted by atomic mass is 16.3. The Morgan fingerprint density at radius 3 is 2.14 bits per heavy atom. The summed E-state index contributed by atoms with van der Waals surface area (Å²) in [5.41, 5.74) is 2.41. The first-order chi connectivity index (χ1) is 13.7. The van der Waals surface area contributed by atoms with Crippen molar-refractivity contribution in [3.05, 3.63) is 83.7 Å². The van der Waals surface area contributed by atoms with Crippen molar-refractivity contribution in [2.45, 2.75) is 38.9 Å². The molecule has 0 bridgehead atoms. The van der Waals surface area contributed by atoms with Gasteiger partial charge >= 0.3 is 0 Å². The van der Waals surface area contributed by atoms with Gasteiger partial charge in [-0.1, -0.05) is 29.8 Å². The first-order valence-electron chi connectivity index (χ1n) is 9.80. The normalized spacial score (nSPS) is 14.9. The van der Waals surface area contributed by atoms with Crippen LogP contribution in [0.3, 0.4) is 0 Å². The molecule has 1 aliphatic rings. The zero-order valence-electron chi connectivity index (χ0n) is 16.1. The number of amides is 1. The second kappa shape index (κ2) is 8.48. The highest BCUT2D eigenvalue weighted by molar-refractivity contribution is 5.78. The van der Waals surface area contributed by atoms with E-state index in [0.717, 1.165) is 11.5 Å². The van der Waals surface area contributed by atoms with Crippen LogP contribution < -0.4 is 5.32 Å². The number of benzene rings is 1. The van der Waals surface area contributed by atoms with Crippen molar-refractivity contribution >= 4 is 5.91 Å². The molecule has 1 saturated carbocycles. The van der Waals surface area contributed by atoms with Crippen LogP contribution in [0.1, 0.15) is 41.5 Å². The van der Waals surface area contributed by atoms with Gasteiger partial charge < -0.3 is 14.2 Å². The highest BCUT2D eigenvalue weighted by Gasteiger charge is 2.33. The van der Waals surface area contributed by atoms with Crippen molar-refractivity contribution in [3.63, 3.8) is 0 Å². The van der Waals surface area contributed by atoms with Gasteiger partial charge in [0.05, 0.1) is 38.2 Å². The Hall–Kier alpha value is -2.79. The minimum absolute atomic E-state index is 0.0237. The largest absolute Gasteiger partial charge is 0.468 e. The molecular weight excluding hydrogens is 352 g/mol. The number of hydrogen-bond donors (Lipinski definition) is 1. The predicted molar refractivity (Wildman–Crippen MR) is 106 cm³/mol. The summed E-state index contributed by atoms with van der Waals surface area (Å²) in [6.07, 6.45) is 5.64. The second-order valence-corrected chi connectivity index (χ2v) is 7.60. The van der Waals surface area contributed by atoms with E-state index in [1.54, 1.807) is 12.5 Å². The van der Waals surface area contributed by atoms with Crippen LogP contribution in [0.5, 0.6) is 0 Å². The molecule has 28 heavy (non-hydrogen) atoms. The Labute approximate surface area is 165 Å². The Morgan fingerprint density at radius 2 is 1.64 bits per heavy atom. The third-order valence-corrected chi connectivity index (χ3v) is 5.13. The fourth-order valence-corrected chi connectivity index (χ4v) is 3.51. The number of carbonyl (C=O) groups is 1. The second-order valence-electron chi connectivity index (χ2n) is 7.60. The van der Waals surface area contributed by atoms with E-state index < -0.39 is 0 Å². The van der Waals surface area contributed by atoms with E-state index in [1.165, 1.54) is 24.0 Å². The van der Waals surface area contributed by atoms with Crippen LogP contribution in [0, 0.1) is 12.8 Å². The molecule has 2 aromatic heterocycles. The highest BCUT2D eigenvalue weighted by Crippen LogP contribution is 2.41. The number of nitrogens with one attached hydrogen (secondary N) is 1. The summed E-state index contributed by atoms with van der Waals surface area (Å²) in [6, 6.07) is 16.1. The average molecular weight is 378 g/mol. The number of aryl methyl sites for hydroxylation is 1. The van der Waals surface area contributed by atoms with Gasteiger partial charge in [0.1, 0.15) is 11.5 Å². The molecule has 1 unspecified atom stereocenters. The van der Waals surface area contributed by atoms with Crippen LogP contribution in [0.15, 0.2) is 69.9 Å². The van der Waals surface area contributed by atoms with Gasteiger partial charge in [-0.05, 0) is 55.5 Å². The van der Waals surface area contributed by atoms with Crippen LogP contribution in [0.25, 0.3) is 0 Å².